The Morgan fingerprint density at radius 1 is 1.40 bits per heavy atom. The lowest BCUT2D eigenvalue weighted by atomic mass is 10.1. The van der Waals surface area contributed by atoms with Crippen molar-refractivity contribution in [2.45, 2.75) is 32.2 Å². The van der Waals surface area contributed by atoms with Crippen LogP contribution in [0.2, 0.25) is 0 Å². The van der Waals surface area contributed by atoms with E-state index in [1.807, 2.05) is 0 Å². The fourth-order valence-electron chi connectivity index (χ4n) is 2.20. The average Bonchev–Trinajstić information content (AvgIpc) is 2.75. The first-order valence-corrected chi connectivity index (χ1v) is 8.24. The van der Waals surface area contributed by atoms with E-state index in [4.69, 9.17) is 5.11 Å². The van der Waals surface area contributed by atoms with Crippen LogP contribution in [0.3, 0.4) is 0 Å². The van der Waals surface area contributed by atoms with Crippen molar-refractivity contribution in [1.82, 2.24) is 14.9 Å². The quantitative estimate of drug-likeness (QED) is 0.590. The molecule has 0 aromatic rings. The molecule has 0 spiro atoms. The zero-order valence-electron chi connectivity index (χ0n) is 11.5. The highest BCUT2D eigenvalue weighted by Crippen LogP contribution is 2.19. The molecule has 0 aromatic heterocycles. The number of carbonyl (C=O) groups excluding carboxylic acids is 1. The van der Waals surface area contributed by atoms with Crippen LogP contribution in [0.1, 0.15) is 26.2 Å². The SMILES string of the molecule is CCNS(=O)(=O)CCNC(=O)N1CCCC1CC(=O)O. The van der Waals surface area contributed by atoms with Crippen molar-refractivity contribution < 1.29 is 23.1 Å². The summed E-state index contributed by atoms with van der Waals surface area (Å²) in [6, 6.07) is -0.710. The Kier molecular flexibility index (Phi) is 6.21. The summed E-state index contributed by atoms with van der Waals surface area (Å²) in [6.07, 6.45) is 1.35. The normalized spacial score (nSPS) is 19.1. The monoisotopic (exact) mass is 307 g/mol. The third-order valence-electron chi connectivity index (χ3n) is 3.06. The van der Waals surface area contributed by atoms with Gasteiger partial charge in [0.2, 0.25) is 10.0 Å². The number of sulfonamides is 1. The maximum Gasteiger partial charge on any atom is 0.317 e. The molecule has 0 aromatic carbocycles. The van der Waals surface area contributed by atoms with Gasteiger partial charge in [-0.3, -0.25) is 4.79 Å². The summed E-state index contributed by atoms with van der Waals surface area (Å²) in [6.45, 7) is 2.49. The minimum Gasteiger partial charge on any atom is -0.481 e. The van der Waals surface area contributed by atoms with Gasteiger partial charge in [0.1, 0.15) is 0 Å². The molecule has 1 unspecified atom stereocenters. The third-order valence-corrected chi connectivity index (χ3v) is 4.53. The third kappa shape index (κ3) is 5.33. The molecule has 1 aliphatic rings. The van der Waals surface area contributed by atoms with Gasteiger partial charge >= 0.3 is 12.0 Å². The topological polar surface area (TPSA) is 116 Å². The van der Waals surface area contributed by atoms with Crippen molar-refractivity contribution in [3.05, 3.63) is 0 Å². The Labute approximate surface area is 118 Å². The predicted molar refractivity (Wildman–Crippen MR) is 72.8 cm³/mol. The largest absolute Gasteiger partial charge is 0.481 e. The van der Waals surface area contributed by atoms with Gasteiger partial charge in [-0.25, -0.2) is 17.9 Å². The number of nitrogens with one attached hydrogen (secondary N) is 2. The van der Waals surface area contributed by atoms with E-state index in [1.54, 1.807) is 6.92 Å². The number of urea groups is 1. The molecular formula is C11H21N3O5S. The van der Waals surface area contributed by atoms with Gasteiger partial charge in [0.05, 0.1) is 12.2 Å². The summed E-state index contributed by atoms with van der Waals surface area (Å²) in [5.41, 5.74) is 0. The molecule has 20 heavy (non-hydrogen) atoms. The van der Waals surface area contributed by atoms with Crippen molar-refractivity contribution in [3.63, 3.8) is 0 Å². The number of hydrogen-bond acceptors (Lipinski definition) is 4. The van der Waals surface area contributed by atoms with Crippen LogP contribution < -0.4 is 10.0 Å². The van der Waals surface area contributed by atoms with Gasteiger partial charge in [-0.1, -0.05) is 6.92 Å². The highest BCUT2D eigenvalue weighted by Gasteiger charge is 2.30. The second kappa shape index (κ2) is 7.44. The summed E-state index contributed by atoms with van der Waals surface area (Å²) < 4.78 is 25.1. The van der Waals surface area contributed by atoms with Crippen LogP contribution in [0.5, 0.6) is 0 Å². The lowest BCUT2D eigenvalue weighted by Crippen LogP contribution is -2.45. The summed E-state index contributed by atoms with van der Waals surface area (Å²) in [4.78, 5) is 24.0. The molecule has 2 amide bonds. The highest BCUT2D eigenvalue weighted by atomic mass is 32.2. The number of aliphatic carboxylic acids is 1. The van der Waals surface area contributed by atoms with E-state index in [-0.39, 0.29) is 24.8 Å². The Morgan fingerprint density at radius 2 is 2.10 bits per heavy atom. The van der Waals surface area contributed by atoms with Crippen molar-refractivity contribution in [2.24, 2.45) is 0 Å². The molecule has 0 aliphatic carbocycles. The molecule has 8 nitrogen and oxygen atoms in total. The first-order valence-electron chi connectivity index (χ1n) is 6.59. The maximum atomic E-state index is 11.9. The summed E-state index contributed by atoms with van der Waals surface area (Å²) in [5, 5.41) is 11.3. The van der Waals surface area contributed by atoms with E-state index < -0.39 is 22.0 Å². The number of amides is 2. The maximum absolute atomic E-state index is 11.9. The van der Waals surface area contributed by atoms with E-state index in [9.17, 15) is 18.0 Å². The van der Waals surface area contributed by atoms with E-state index in [1.165, 1.54) is 4.90 Å². The second-order valence-corrected chi connectivity index (χ2v) is 6.56. The van der Waals surface area contributed by atoms with Gasteiger partial charge in [-0.15, -0.1) is 0 Å². The molecule has 0 radical (unpaired) electrons. The Hall–Kier alpha value is -1.35. The molecule has 1 atom stereocenters. The molecule has 116 valence electrons. The molecule has 0 bridgehead atoms. The lowest BCUT2D eigenvalue weighted by Gasteiger charge is -2.23. The van der Waals surface area contributed by atoms with Crippen LogP contribution in [-0.2, 0) is 14.8 Å². The zero-order valence-corrected chi connectivity index (χ0v) is 12.3. The minimum absolute atomic E-state index is 0.00442. The summed E-state index contributed by atoms with van der Waals surface area (Å²) in [5.74, 6) is -1.13. The zero-order chi connectivity index (χ0) is 15.2. The van der Waals surface area contributed by atoms with Crippen molar-refractivity contribution >= 4 is 22.0 Å². The Bertz CT molecular complexity index is 451. The van der Waals surface area contributed by atoms with Crippen molar-refractivity contribution in [3.8, 4) is 0 Å². The van der Waals surface area contributed by atoms with Crippen molar-refractivity contribution in [1.29, 1.82) is 0 Å². The first-order chi connectivity index (χ1) is 9.35. The van der Waals surface area contributed by atoms with E-state index in [0.717, 1.165) is 6.42 Å². The smallest absolute Gasteiger partial charge is 0.317 e. The number of carboxylic acids is 1. The molecule has 3 N–H and O–H groups in total. The van der Waals surface area contributed by atoms with Gasteiger partial charge in [0.15, 0.2) is 0 Å². The first kappa shape index (κ1) is 16.7. The lowest BCUT2D eigenvalue weighted by molar-refractivity contribution is -0.137. The van der Waals surface area contributed by atoms with Gasteiger partial charge in [0.25, 0.3) is 0 Å². The standard InChI is InChI=1S/C11H21N3O5S/c1-2-13-20(18,19)7-5-12-11(17)14-6-3-4-9(14)8-10(15)16/h9,13H,2-8H2,1H3,(H,12,17)(H,15,16). The number of rotatable bonds is 7. The molecular weight excluding hydrogens is 286 g/mol. The number of carbonyl (C=O) groups is 2. The highest BCUT2D eigenvalue weighted by molar-refractivity contribution is 7.89. The number of likely N-dealkylation sites (tertiary alicyclic amines) is 1. The van der Waals surface area contributed by atoms with Crippen LogP contribution >= 0.6 is 0 Å². The minimum atomic E-state index is -3.36. The molecule has 1 rings (SSSR count). The molecule has 0 saturated carbocycles. The molecule has 9 heteroatoms. The molecule has 1 fully saturated rings. The van der Waals surface area contributed by atoms with Crippen LogP contribution in [0, 0.1) is 0 Å². The van der Waals surface area contributed by atoms with E-state index >= 15 is 0 Å². The van der Waals surface area contributed by atoms with Crippen molar-refractivity contribution in [2.75, 3.05) is 25.4 Å². The van der Waals surface area contributed by atoms with Crippen LogP contribution in [-0.4, -0.2) is 61.9 Å². The number of carboxylic acid groups (broad SMARTS) is 1. The average molecular weight is 307 g/mol. The Balaban J connectivity index is 2.40. The van der Waals surface area contributed by atoms with Gasteiger partial charge < -0.3 is 15.3 Å². The van der Waals surface area contributed by atoms with E-state index in [0.29, 0.717) is 19.5 Å². The summed E-state index contributed by atoms with van der Waals surface area (Å²) in [7, 11) is -3.36. The molecule has 1 aliphatic heterocycles. The summed E-state index contributed by atoms with van der Waals surface area (Å²) >= 11 is 0. The van der Waals surface area contributed by atoms with Crippen LogP contribution in [0.25, 0.3) is 0 Å². The van der Waals surface area contributed by atoms with Gasteiger partial charge in [-0.2, -0.15) is 0 Å². The van der Waals surface area contributed by atoms with Crippen LogP contribution in [0.15, 0.2) is 0 Å². The molecule has 1 heterocycles. The van der Waals surface area contributed by atoms with E-state index in [2.05, 4.69) is 10.0 Å². The van der Waals surface area contributed by atoms with Crippen LogP contribution in [0.4, 0.5) is 4.79 Å². The van der Waals surface area contributed by atoms with Gasteiger partial charge in [-0.05, 0) is 12.8 Å². The second-order valence-electron chi connectivity index (χ2n) is 4.64. The number of nitrogens with zero attached hydrogens (tertiary/aromatic N) is 1. The molecule has 1 saturated heterocycles. The fraction of sp³-hybridized carbons (Fsp3) is 0.818. The number of hydrogen-bond donors (Lipinski definition) is 3. The predicted octanol–water partition coefficient (Wildman–Crippen LogP) is -0.426. The fourth-order valence-corrected chi connectivity index (χ4v) is 3.16. The Morgan fingerprint density at radius 3 is 2.70 bits per heavy atom. The van der Waals surface area contributed by atoms with Gasteiger partial charge in [0, 0.05) is 25.7 Å².